The standard InChI is InChI=1S/C26H28P/c1-2-3-4-5-6-16-23-27(24-17-10-7-11-18-24,25-19-12-8-13-20-25)26-21-14-9-15-22-26/h2-3,5-15,17-22H,4,16,23H2,1H3/q+1/b3-2-,6-5-. The van der Waals surface area contributed by atoms with E-state index in [1.165, 1.54) is 15.9 Å². The second kappa shape index (κ2) is 10.0. The van der Waals surface area contributed by atoms with E-state index >= 15 is 0 Å². The average molecular weight is 371 g/mol. The van der Waals surface area contributed by atoms with Gasteiger partial charge in [-0.15, -0.1) is 0 Å². The molecule has 0 fully saturated rings. The molecule has 0 aliphatic rings. The van der Waals surface area contributed by atoms with Gasteiger partial charge in [-0.2, -0.15) is 0 Å². The molecule has 0 saturated carbocycles. The van der Waals surface area contributed by atoms with Gasteiger partial charge in [0.1, 0.15) is 23.2 Å². The molecule has 0 aliphatic carbocycles. The van der Waals surface area contributed by atoms with E-state index in [9.17, 15) is 0 Å². The van der Waals surface area contributed by atoms with Gasteiger partial charge in [0.15, 0.2) is 0 Å². The number of hydrogen-bond donors (Lipinski definition) is 0. The summed E-state index contributed by atoms with van der Waals surface area (Å²) in [5.74, 6) is 0. The van der Waals surface area contributed by atoms with Gasteiger partial charge < -0.3 is 0 Å². The van der Waals surface area contributed by atoms with Crippen LogP contribution in [0.15, 0.2) is 115 Å². The van der Waals surface area contributed by atoms with E-state index in [0.717, 1.165) is 19.0 Å². The Morgan fingerprint density at radius 1 is 0.593 bits per heavy atom. The van der Waals surface area contributed by atoms with E-state index in [0.29, 0.717) is 0 Å². The fourth-order valence-electron chi connectivity index (χ4n) is 3.58. The molecule has 0 saturated heterocycles. The number of rotatable bonds is 8. The van der Waals surface area contributed by atoms with E-state index in [1.54, 1.807) is 0 Å². The largest absolute Gasteiger partial charge is 0.112 e. The molecule has 0 heterocycles. The molecule has 0 aromatic heterocycles. The van der Waals surface area contributed by atoms with Crippen molar-refractivity contribution >= 4 is 23.2 Å². The Bertz CT molecular complexity index is 752. The van der Waals surface area contributed by atoms with Gasteiger partial charge in [-0.1, -0.05) is 78.9 Å². The van der Waals surface area contributed by atoms with Gasteiger partial charge in [0.25, 0.3) is 0 Å². The summed E-state index contributed by atoms with van der Waals surface area (Å²) in [5.41, 5.74) is 0. The van der Waals surface area contributed by atoms with Crippen LogP contribution in [0.1, 0.15) is 19.8 Å². The van der Waals surface area contributed by atoms with Gasteiger partial charge >= 0.3 is 0 Å². The van der Waals surface area contributed by atoms with Crippen molar-refractivity contribution in [3.05, 3.63) is 115 Å². The molecule has 27 heavy (non-hydrogen) atoms. The number of allylic oxidation sites excluding steroid dienone is 4. The normalized spacial score (nSPS) is 12.0. The van der Waals surface area contributed by atoms with Gasteiger partial charge in [-0.25, -0.2) is 0 Å². The smallest absolute Gasteiger partial charge is 0.0914 e. The van der Waals surface area contributed by atoms with Crippen LogP contribution in [0, 0.1) is 0 Å². The van der Waals surface area contributed by atoms with Crippen LogP contribution in [-0.2, 0) is 0 Å². The maximum atomic E-state index is 2.35. The molecule has 136 valence electrons. The van der Waals surface area contributed by atoms with Crippen molar-refractivity contribution in [3.63, 3.8) is 0 Å². The predicted molar refractivity (Wildman–Crippen MR) is 123 cm³/mol. The van der Waals surface area contributed by atoms with Crippen molar-refractivity contribution in [2.24, 2.45) is 0 Å². The molecule has 0 N–H and O–H groups in total. The van der Waals surface area contributed by atoms with Gasteiger partial charge in [0.05, 0.1) is 6.16 Å². The molecule has 0 bridgehead atoms. The van der Waals surface area contributed by atoms with Gasteiger partial charge in [0, 0.05) is 6.42 Å². The molecule has 0 spiro atoms. The van der Waals surface area contributed by atoms with Gasteiger partial charge in [-0.3, -0.25) is 0 Å². The first-order valence-corrected chi connectivity index (χ1v) is 11.7. The van der Waals surface area contributed by atoms with Crippen LogP contribution >= 0.6 is 7.26 Å². The molecule has 0 radical (unpaired) electrons. The topological polar surface area (TPSA) is 0 Å². The Kier molecular flexibility index (Phi) is 7.19. The van der Waals surface area contributed by atoms with E-state index in [2.05, 4.69) is 122 Å². The third kappa shape index (κ3) is 4.65. The van der Waals surface area contributed by atoms with Gasteiger partial charge in [-0.05, 0) is 49.7 Å². The summed E-state index contributed by atoms with van der Waals surface area (Å²) >= 11 is 0. The summed E-state index contributed by atoms with van der Waals surface area (Å²) in [5, 5.41) is 4.39. The van der Waals surface area contributed by atoms with Crippen LogP contribution in [0.5, 0.6) is 0 Å². The Labute approximate surface area is 164 Å². The first-order valence-electron chi connectivity index (χ1n) is 9.69. The average Bonchev–Trinajstić information content (AvgIpc) is 2.75. The van der Waals surface area contributed by atoms with Gasteiger partial charge in [0.2, 0.25) is 0 Å². The van der Waals surface area contributed by atoms with Crippen molar-refractivity contribution in [1.29, 1.82) is 0 Å². The van der Waals surface area contributed by atoms with Crippen molar-refractivity contribution in [3.8, 4) is 0 Å². The highest BCUT2D eigenvalue weighted by Crippen LogP contribution is 2.55. The molecule has 3 aromatic carbocycles. The van der Waals surface area contributed by atoms with Crippen LogP contribution in [0.4, 0.5) is 0 Å². The minimum atomic E-state index is -1.68. The molecular weight excluding hydrogens is 343 g/mol. The fraction of sp³-hybridized carbons (Fsp3) is 0.154. The third-order valence-corrected chi connectivity index (χ3v) is 9.36. The van der Waals surface area contributed by atoms with E-state index in [4.69, 9.17) is 0 Å². The number of hydrogen-bond acceptors (Lipinski definition) is 0. The first kappa shape index (κ1) is 19.3. The molecular formula is C26H28P+. The van der Waals surface area contributed by atoms with Crippen LogP contribution in [0.3, 0.4) is 0 Å². The van der Waals surface area contributed by atoms with Crippen molar-refractivity contribution in [2.75, 3.05) is 6.16 Å². The third-order valence-electron chi connectivity index (χ3n) is 4.90. The highest BCUT2D eigenvalue weighted by Gasteiger charge is 2.44. The summed E-state index contributed by atoms with van der Waals surface area (Å²) in [7, 11) is -1.68. The summed E-state index contributed by atoms with van der Waals surface area (Å²) in [6.45, 7) is 2.07. The summed E-state index contributed by atoms with van der Waals surface area (Å²) in [4.78, 5) is 0. The lowest BCUT2D eigenvalue weighted by molar-refractivity contribution is 1.20. The van der Waals surface area contributed by atoms with Crippen LogP contribution in [0.25, 0.3) is 0 Å². The Morgan fingerprint density at radius 3 is 1.44 bits per heavy atom. The van der Waals surface area contributed by atoms with Crippen LogP contribution in [-0.4, -0.2) is 6.16 Å². The minimum absolute atomic E-state index is 1.02. The monoisotopic (exact) mass is 371 g/mol. The van der Waals surface area contributed by atoms with Crippen LogP contribution < -0.4 is 15.9 Å². The highest BCUT2D eigenvalue weighted by molar-refractivity contribution is 7.95. The Balaban J connectivity index is 2.07. The predicted octanol–water partition coefficient (Wildman–Crippen LogP) is 5.89. The first-order chi connectivity index (χ1) is 13.4. The lowest BCUT2D eigenvalue weighted by Gasteiger charge is -2.27. The molecule has 0 unspecified atom stereocenters. The summed E-state index contributed by atoms with van der Waals surface area (Å²) < 4.78 is 0. The minimum Gasteiger partial charge on any atom is -0.0914 e. The zero-order valence-electron chi connectivity index (χ0n) is 16.0. The summed E-state index contributed by atoms with van der Waals surface area (Å²) in [6, 6.07) is 33.3. The Hall–Kier alpha value is -2.43. The Morgan fingerprint density at radius 2 is 1.04 bits per heavy atom. The zero-order valence-corrected chi connectivity index (χ0v) is 16.9. The molecule has 0 nitrogen and oxygen atoms in total. The second-order valence-corrected chi connectivity index (χ2v) is 10.2. The maximum absolute atomic E-state index is 2.35. The van der Waals surface area contributed by atoms with E-state index in [-0.39, 0.29) is 0 Å². The molecule has 1 heteroatoms. The van der Waals surface area contributed by atoms with Crippen molar-refractivity contribution in [1.82, 2.24) is 0 Å². The van der Waals surface area contributed by atoms with Crippen molar-refractivity contribution in [2.45, 2.75) is 19.8 Å². The van der Waals surface area contributed by atoms with Crippen LogP contribution in [0.2, 0.25) is 0 Å². The highest BCUT2D eigenvalue weighted by atomic mass is 31.2. The molecule has 3 aromatic rings. The molecule has 0 aliphatic heterocycles. The van der Waals surface area contributed by atoms with E-state index < -0.39 is 7.26 Å². The lowest BCUT2D eigenvalue weighted by atomic mass is 10.3. The maximum Gasteiger partial charge on any atom is 0.112 e. The zero-order chi connectivity index (χ0) is 18.8. The van der Waals surface area contributed by atoms with E-state index in [1.807, 2.05) is 0 Å². The lowest BCUT2D eigenvalue weighted by Crippen LogP contribution is -2.33. The van der Waals surface area contributed by atoms with Crippen molar-refractivity contribution < 1.29 is 0 Å². The quantitative estimate of drug-likeness (QED) is 0.342. The molecule has 0 amide bonds. The fourth-order valence-corrected chi connectivity index (χ4v) is 7.83. The molecule has 3 rings (SSSR count). The number of benzene rings is 3. The summed E-state index contributed by atoms with van der Waals surface area (Å²) in [6.07, 6.45) is 12.2. The molecule has 0 atom stereocenters. The SMILES string of the molecule is C/C=C\C/C=C\CC[P+](c1ccccc1)(c1ccccc1)c1ccccc1. The second-order valence-electron chi connectivity index (χ2n) is 6.60.